The Balaban J connectivity index is 1.90. The summed E-state index contributed by atoms with van der Waals surface area (Å²) in [5, 5.41) is 1.10. The molecule has 1 aromatic heterocycles. The Morgan fingerprint density at radius 1 is 1.04 bits per heavy atom. The van der Waals surface area contributed by atoms with Crippen LogP contribution >= 0.6 is 0 Å². The summed E-state index contributed by atoms with van der Waals surface area (Å²) in [6.45, 7) is 3.85. The number of nitrogens with zero attached hydrogens (tertiary/aromatic N) is 2. The summed E-state index contributed by atoms with van der Waals surface area (Å²) in [4.78, 5) is 2.28. The zero-order valence-corrected chi connectivity index (χ0v) is 14.4. The highest BCUT2D eigenvalue weighted by Crippen LogP contribution is 2.32. The molecular formula is C21H20F2N2. The van der Waals surface area contributed by atoms with Gasteiger partial charge in [-0.15, -0.1) is 0 Å². The molecular weight excluding hydrogens is 318 g/mol. The Bertz CT molecular complexity index is 968. The Morgan fingerprint density at radius 3 is 2.52 bits per heavy atom. The van der Waals surface area contributed by atoms with E-state index in [9.17, 15) is 8.78 Å². The lowest BCUT2D eigenvalue weighted by molar-refractivity contribution is 0.312. The van der Waals surface area contributed by atoms with Crippen molar-refractivity contribution in [2.45, 2.75) is 19.9 Å². The number of fused-ring (bicyclic) bond motifs is 3. The van der Waals surface area contributed by atoms with E-state index in [4.69, 9.17) is 0 Å². The molecule has 3 aromatic rings. The summed E-state index contributed by atoms with van der Waals surface area (Å²) >= 11 is 0. The summed E-state index contributed by atoms with van der Waals surface area (Å²) in [7, 11) is 2.11. The van der Waals surface area contributed by atoms with E-state index in [-0.39, 0.29) is 11.6 Å². The molecule has 25 heavy (non-hydrogen) atoms. The van der Waals surface area contributed by atoms with Crippen LogP contribution in [0.15, 0.2) is 42.5 Å². The minimum absolute atomic E-state index is 0.232. The van der Waals surface area contributed by atoms with Crippen LogP contribution < -0.4 is 0 Å². The SMILES string of the molecule is C/C(=C/n1c2c(c3ccc(F)cc31)CN(C)CC2)c1ccc(F)cc1. The van der Waals surface area contributed by atoms with Gasteiger partial charge in [-0.05, 0) is 61.0 Å². The van der Waals surface area contributed by atoms with Crippen LogP contribution in [0.2, 0.25) is 0 Å². The topological polar surface area (TPSA) is 8.17 Å². The van der Waals surface area contributed by atoms with E-state index >= 15 is 0 Å². The second-order valence-electron chi connectivity index (χ2n) is 6.76. The van der Waals surface area contributed by atoms with Gasteiger partial charge in [-0.25, -0.2) is 8.78 Å². The molecule has 0 saturated heterocycles. The predicted molar refractivity (Wildman–Crippen MR) is 98.2 cm³/mol. The molecule has 2 nitrogen and oxygen atoms in total. The molecule has 0 saturated carbocycles. The summed E-state index contributed by atoms with van der Waals surface area (Å²) in [6, 6.07) is 11.5. The summed E-state index contributed by atoms with van der Waals surface area (Å²) in [5.41, 5.74) is 5.37. The fourth-order valence-corrected chi connectivity index (χ4v) is 3.63. The number of halogens is 2. The normalized spacial score (nSPS) is 15.6. The Morgan fingerprint density at radius 2 is 1.76 bits per heavy atom. The van der Waals surface area contributed by atoms with Crippen LogP contribution in [-0.2, 0) is 13.0 Å². The average molecular weight is 338 g/mol. The molecule has 2 heterocycles. The lowest BCUT2D eigenvalue weighted by atomic mass is 10.0. The third kappa shape index (κ3) is 2.87. The molecule has 0 radical (unpaired) electrons. The summed E-state index contributed by atoms with van der Waals surface area (Å²) < 4.78 is 29.2. The zero-order valence-electron chi connectivity index (χ0n) is 14.4. The van der Waals surface area contributed by atoms with Crippen LogP contribution in [0.25, 0.3) is 22.7 Å². The molecule has 1 aliphatic heterocycles. The summed E-state index contributed by atoms with van der Waals surface area (Å²) in [6.07, 6.45) is 2.97. The van der Waals surface area contributed by atoms with E-state index in [0.717, 1.165) is 41.5 Å². The van der Waals surface area contributed by atoms with Crippen molar-refractivity contribution in [2.24, 2.45) is 0 Å². The quantitative estimate of drug-likeness (QED) is 0.643. The molecule has 2 aromatic carbocycles. The summed E-state index contributed by atoms with van der Waals surface area (Å²) in [5.74, 6) is -0.477. The molecule has 0 atom stereocenters. The van der Waals surface area contributed by atoms with Gasteiger partial charge in [0, 0.05) is 36.8 Å². The number of benzene rings is 2. The van der Waals surface area contributed by atoms with Crippen LogP contribution in [-0.4, -0.2) is 23.1 Å². The fourth-order valence-electron chi connectivity index (χ4n) is 3.63. The van der Waals surface area contributed by atoms with Crippen molar-refractivity contribution in [1.82, 2.24) is 9.47 Å². The second-order valence-corrected chi connectivity index (χ2v) is 6.76. The first kappa shape index (κ1) is 16.0. The van der Waals surface area contributed by atoms with Gasteiger partial charge in [0.25, 0.3) is 0 Å². The van der Waals surface area contributed by atoms with Crippen molar-refractivity contribution in [2.75, 3.05) is 13.6 Å². The lowest BCUT2D eigenvalue weighted by Gasteiger charge is -2.23. The maximum absolute atomic E-state index is 13.9. The first-order valence-corrected chi connectivity index (χ1v) is 8.47. The Hall–Kier alpha value is -2.46. The minimum atomic E-state index is -0.245. The van der Waals surface area contributed by atoms with Crippen molar-refractivity contribution in [3.63, 3.8) is 0 Å². The highest BCUT2D eigenvalue weighted by molar-refractivity contribution is 5.90. The fraction of sp³-hybridized carbons (Fsp3) is 0.238. The maximum atomic E-state index is 13.9. The lowest BCUT2D eigenvalue weighted by Crippen LogP contribution is -2.26. The van der Waals surface area contributed by atoms with Gasteiger partial charge in [0.05, 0.1) is 5.52 Å². The first-order valence-electron chi connectivity index (χ1n) is 8.47. The highest BCUT2D eigenvalue weighted by Gasteiger charge is 2.22. The molecule has 4 heteroatoms. The number of hydrogen-bond donors (Lipinski definition) is 0. The number of hydrogen-bond acceptors (Lipinski definition) is 1. The molecule has 128 valence electrons. The third-order valence-corrected chi connectivity index (χ3v) is 4.96. The van der Waals surface area contributed by atoms with E-state index in [1.807, 2.05) is 19.2 Å². The third-order valence-electron chi connectivity index (χ3n) is 4.96. The number of likely N-dealkylation sites (N-methyl/N-ethyl adjacent to an activating group) is 1. The molecule has 0 N–H and O–H groups in total. The van der Waals surface area contributed by atoms with Gasteiger partial charge in [0.1, 0.15) is 11.6 Å². The largest absolute Gasteiger partial charge is 0.320 e. The van der Waals surface area contributed by atoms with Crippen LogP contribution in [0.4, 0.5) is 8.78 Å². The van der Waals surface area contributed by atoms with Crippen LogP contribution in [0, 0.1) is 11.6 Å². The molecule has 0 spiro atoms. The Kier molecular flexibility index (Phi) is 3.92. The minimum Gasteiger partial charge on any atom is -0.320 e. The van der Waals surface area contributed by atoms with E-state index in [0.29, 0.717) is 0 Å². The number of aromatic nitrogens is 1. The smallest absolute Gasteiger partial charge is 0.125 e. The van der Waals surface area contributed by atoms with Crippen molar-refractivity contribution < 1.29 is 8.78 Å². The molecule has 0 bridgehead atoms. The molecule has 0 aliphatic carbocycles. The van der Waals surface area contributed by atoms with Crippen LogP contribution in [0.1, 0.15) is 23.7 Å². The van der Waals surface area contributed by atoms with Gasteiger partial charge in [-0.3, -0.25) is 0 Å². The highest BCUT2D eigenvalue weighted by atomic mass is 19.1. The van der Waals surface area contributed by atoms with Gasteiger partial charge < -0.3 is 9.47 Å². The molecule has 0 fully saturated rings. The number of allylic oxidation sites excluding steroid dienone is 1. The van der Waals surface area contributed by atoms with E-state index < -0.39 is 0 Å². The van der Waals surface area contributed by atoms with Gasteiger partial charge >= 0.3 is 0 Å². The van der Waals surface area contributed by atoms with E-state index in [1.54, 1.807) is 18.2 Å². The van der Waals surface area contributed by atoms with Crippen molar-refractivity contribution >= 4 is 22.7 Å². The van der Waals surface area contributed by atoms with Crippen molar-refractivity contribution in [3.05, 3.63) is 70.9 Å². The molecule has 0 unspecified atom stereocenters. The van der Waals surface area contributed by atoms with Gasteiger partial charge in [-0.2, -0.15) is 0 Å². The maximum Gasteiger partial charge on any atom is 0.125 e. The molecule has 4 rings (SSSR count). The van der Waals surface area contributed by atoms with Crippen LogP contribution in [0.3, 0.4) is 0 Å². The van der Waals surface area contributed by atoms with Gasteiger partial charge in [-0.1, -0.05) is 12.1 Å². The Labute approximate surface area is 146 Å². The zero-order chi connectivity index (χ0) is 17.6. The van der Waals surface area contributed by atoms with E-state index in [2.05, 4.69) is 16.5 Å². The molecule has 0 amide bonds. The van der Waals surface area contributed by atoms with Crippen molar-refractivity contribution in [3.8, 4) is 0 Å². The molecule has 1 aliphatic rings. The predicted octanol–water partition coefficient (Wildman–Crippen LogP) is 4.93. The monoisotopic (exact) mass is 338 g/mol. The second kappa shape index (κ2) is 6.12. The van der Waals surface area contributed by atoms with Gasteiger partial charge in [0.2, 0.25) is 0 Å². The van der Waals surface area contributed by atoms with E-state index in [1.165, 1.54) is 29.5 Å². The first-order chi connectivity index (χ1) is 12.0. The average Bonchev–Trinajstić information content (AvgIpc) is 2.88. The number of rotatable bonds is 2. The standard InChI is InChI=1S/C21H20F2N2/c1-14(15-3-5-16(22)6-4-15)12-25-20-9-10-24(2)13-19(20)18-8-7-17(23)11-21(18)25/h3-8,11-12H,9-10,13H2,1-2H3/b14-12-. The van der Waals surface area contributed by atoms with Crippen molar-refractivity contribution in [1.29, 1.82) is 0 Å². The van der Waals surface area contributed by atoms with Crippen LogP contribution in [0.5, 0.6) is 0 Å². The van der Waals surface area contributed by atoms with Gasteiger partial charge in [0.15, 0.2) is 0 Å².